The Labute approximate surface area is 104 Å². The lowest BCUT2D eigenvalue weighted by Gasteiger charge is -1.96. The second-order valence-corrected chi connectivity index (χ2v) is 4.58. The van der Waals surface area contributed by atoms with Crippen LogP contribution in [0.4, 0.5) is 0 Å². The average Bonchev–Trinajstić information content (AvgIpc) is 2.90. The van der Waals surface area contributed by atoms with Gasteiger partial charge in [0.15, 0.2) is 0 Å². The zero-order valence-corrected chi connectivity index (χ0v) is 9.89. The number of thiophene rings is 1. The van der Waals surface area contributed by atoms with Crippen LogP contribution in [0.3, 0.4) is 0 Å². The summed E-state index contributed by atoms with van der Waals surface area (Å²) in [6.07, 6.45) is 7.28. The van der Waals surface area contributed by atoms with Gasteiger partial charge in [0.25, 0.3) is 0 Å². The van der Waals surface area contributed by atoms with Crippen molar-refractivity contribution in [2.24, 2.45) is 0 Å². The molecule has 0 spiro atoms. The molecule has 0 fully saturated rings. The van der Waals surface area contributed by atoms with Gasteiger partial charge < -0.3 is 0 Å². The highest BCUT2D eigenvalue weighted by Gasteiger charge is 2.03. The number of aromatic nitrogens is 2. The maximum absolute atomic E-state index is 4.03. The van der Waals surface area contributed by atoms with Gasteiger partial charge in [0.05, 0.1) is 0 Å². The number of rotatable bonds is 2. The maximum atomic E-state index is 4.03. The summed E-state index contributed by atoms with van der Waals surface area (Å²) in [6.45, 7) is 0. The smallest absolute Gasteiger partial charge is 0.0350 e. The van der Waals surface area contributed by atoms with Gasteiger partial charge in [0.1, 0.15) is 0 Å². The number of pyridine rings is 2. The molecule has 0 aromatic carbocycles. The minimum Gasteiger partial charge on any atom is -0.265 e. The molecule has 0 radical (unpaired) electrons. The van der Waals surface area contributed by atoms with E-state index in [1.807, 2.05) is 49.1 Å². The summed E-state index contributed by atoms with van der Waals surface area (Å²) in [7, 11) is 0. The lowest BCUT2D eigenvalue weighted by molar-refractivity contribution is 1.33. The van der Waals surface area contributed by atoms with E-state index >= 15 is 0 Å². The van der Waals surface area contributed by atoms with Crippen LogP contribution in [0.5, 0.6) is 0 Å². The Kier molecular flexibility index (Phi) is 2.68. The van der Waals surface area contributed by atoms with Crippen molar-refractivity contribution in [2.75, 3.05) is 0 Å². The summed E-state index contributed by atoms with van der Waals surface area (Å²) in [4.78, 5) is 9.33. The van der Waals surface area contributed by atoms with E-state index in [-0.39, 0.29) is 0 Å². The van der Waals surface area contributed by atoms with Crippen LogP contribution in [-0.4, -0.2) is 9.97 Å². The van der Waals surface area contributed by atoms with Crippen LogP contribution < -0.4 is 0 Å². The number of nitrogens with zero attached hydrogens (tertiary/aromatic N) is 2. The van der Waals surface area contributed by atoms with Crippen LogP contribution in [-0.2, 0) is 0 Å². The first-order valence-electron chi connectivity index (χ1n) is 5.33. The molecule has 2 nitrogen and oxygen atoms in total. The second-order valence-electron chi connectivity index (χ2n) is 3.67. The highest BCUT2D eigenvalue weighted by molar-refractivity contribution is 7.14. The third-order valence-corrected chi connectivity index (χ3v) is 3.56. The molecule has 0 aliphatic rings. The summed E-state index contributed by atoms with van der Waals surface area (Å²) in [5.74, 6) is 0. The molecule has 0 atom stereocenters. The van der Waals surface area contributed by atoms with Crippen LogP contribution in [0.15, 0.2) is 60.5 Å². The van der Waals surface area contributed by atoms with E-state index < -0.39 is 0 Å². The standard InChI is InChI=1S/C14H10N2S/c1-5-15-6-2-11(1)13-9-14(17-10-13)12-3-7-16-8-4-12/h1-10H. The molecular formula is C14H10N2S. The Morgan fingerprint density at radius 3 is 1.94 bits per heavy atom. The lowest BCUT2D eigenvalue weighted by atomic mass is 10.1. The van der Waals surface area contributed by atoms with Crippen molar-refractivity contribution in [1.29, 1.82) is 0 Å². The number of hydrogen-bond acceptors (Lipinski definition) is 3. The fraction of sp³-hybridized carbons (Fsp3) is 0. The molecule has 0 amide bonds. The monoisotopic (exact) mass is 238 g/mol. The first-order valence-corrected chi connectivity index (χ1v) is 6.21. The maximum Gasteiger partial charge on any atom is 0.0350 e. The minimum absolute atomic E-state index is 1.21. The Bertz CT molecular complexity index is 548. The topological polar surface area (TPSA) is 25.8 Å². The van der Waals surface area contributed by atoms with Crippen molar-refractivity contribution in [3.63, 3.8) is 0 Å². The second kappa shape index (κ2) is 4.47. The molecule has 3 aromatic heterocycles. The van der Waals surface area contributed by atoms with Gasteiger partial charge in [-0.15, -0.1) is 11.3 Å². The van der Waals surface area contributed by atoms with Crippen molar-refractivity contribution >= 4 is 11.3 Å². The highest BCUT2D eigenvalue weighted by atomic mass is 32.1. The van der Waals surface area contributed by atoms with E-state index in [2.05, 4.69) is 21.4 Å². The molecule has 0 saturated carbocycles. The normalized spacial score (nSPS) is 10.4. The molecule has 3 rings (SSSR count). The Morgan fingerprint density at radius 1 is 0.706 bits per heavy atom. The van der Waals surface area contributed by atoms with E-state index in [4.69, 9.17) is 0 Å². The Hall–Kier alpha value is -2.00. The molecular weight excluding hydrogens is 228 g/mol. The van der Waals surface area contributed by atoms with Gasteiger partial charge in [-0.1, -0.05) is 0 Å². The van der Waals surface area contributed by atoms with E-state index in [0.29, 0.717) is 0 Å². The predicted octanol–water partition coefficient (Wildman–Crippen LogP) is 3.87. The van der Waals surface area contributed by atoms with Gasteiger partial charge >= 0.3 is 0 Å². The summed E-state index contributed by atoms with van der Waals surface area (Å²) in [6, 6.07) is 10.3. The summed E-state index contributed by atoms with van der Waals surface area (Å²) in [5.41, 5.74) is 3.66. The van der Waals surface area contributed by atoms with Crippen molar-refractivity contribution in [3.8, 4) is 21.6 Å². The van der Waals surface area contributed by atoms with Gasteiger partial charge in [-0.2, -0.15) is 0 Å². The van der Waals surface area contributed by atoms with Crippen molar-refractivity contribution in [3.05, 3.63) is 60.5 Å². The molecule has 17 heavy (non-hydrogen) atoms. The van der Waals surface area contributed by atoms with Crippen LogP contribution in [0.25, 0.3) is 21.6 Å². The highest BCUT2D eigenvalue weighted by Crippen LogP contribution is 2.31. The van der Waals surface area contributed by atoms with Gasteiger partial charge in [0.2, 0.25) is 0 Å². The predicted molar refractivity (Wildman–Crippen MR) is 70.8 cm³/mol. The largest absolute Gasteiger partial charge is 0.265 e. The SMILES string of the molecule is c1cc(-c2csc(-c3ccncc3)c2)ccn1. The lowest BCUT2D eigenvalue weighted by Crippen LogP contribution is -1.75. The van der Waals surface area contributed by atoms with Crippen LogP contribution in [0.1, 0.15) is 0 Å². The zero-order chi connectivity index (χ0) is 11.5. The molecule has 3 aromatic rings. The van der Waals surface area contributed by atoms with Gasteiger partial charge in [-0.3, -0.25) is 9.97 Å². The third-order valence-electron chi connectivity index (χ3n) is 2.58. The molecule has 3 heterocycles. The molecule has 0 N–H and O–H groups in total. The molecule has 0 aliphatic heterocycles. The van der Waals surface area contributed by atoms with Crippen LogP contribution in [0, 0.1) is 0 Å². The molecule has 0 saturated heterocycles. The van der Waals surface area contributed by atoms with E-state index in [1.165, 1.54) is 21.6 Å². The summed E-state index contributed by atoms with van der Waals surface area (Å²) >= 11 is 1.75. The summed E-state index contributed by atoms with van der Waals surface area (Å²) in [5, 5.41) is 2.17. The first-order chi connectivity index (χ1) is 8.43. The average molecular weight is 238 g/mol. The molecule has 0 bridgehead atoms. The van der Waals surface area contributed by atoms with Gasteiger partial charge in [0, 0.05) is 29.7 Å². The third kappa shape index (κ3) is 2.10. The Balaban J connectivity index is 1.99. The zero-order valence-electron chi connectivity index (χ0n) is 9.08. The fourth-order valence-corrected chi connectivity index (χ4v) is 2.62. The Morgan fingerprint density at radius 2 is 1.29 bits per heavy atom. The van der Waals surface area contributed by atoms with Crippen molar-refractivity contribution in [1.82, 2.24) is 9.97 Å². The first kappa shape index (κ1) is 10.2. The molecule has 3 heteroatoms. The van der Waals surface area contributed by atoms with Crippen LogP contribution in [0.2, 0.25) is 0 Å². The van der Waals surface area contributed by atoms with Gasteiger partial charge in [-0.25, -0.2) is 0 Å². The molecule has 0 aliphatic carbocycles. The van der Waals surface area contributed by atoms with E-state index in [1.54, 1.807) is 11.3 Å². The van der Waals surface area contributed by atoms with Crippen molar-refractivity contribution < 1.29 is 0 Å². The fourth-order valence-electron chi connectivity index (χ4n) is 1.70. The quantitative estimate of drug-likeness (QED) is 0.677. The van der Waals surface area contributed by atoms with E-state index in [0.717, 1.165) is 0 Å². The van der Waals surface area contributed by atoms with E-state index in [9.17, 15) is 0 Å². The van der Waals surface area contributed by atoms with Crippen molar-refractivity contribution in [2.45, 2.75) is 0 Å². The molecule has 82 valence electrons. The van der Waals surface area contributed by atoms with Crippen LogP contribution >= 0.6 is 11.3 Å². The summed E-state index contributed by atoms with van der Waals surface area (Å²) < 4.78 is 0. The number of hydrogen-bond donors (Lipinski definition) is 0. The minimum atomic E-state index is 1.21. The molecule has 0 unspecified atom stereocenters. The van der Waals surface area contributed by atoms with Gasteiger partial charge in [-0.05, 0) is 52.4 Å².